The molecule has 2 heterocycles. The van der Waals surface area contributed by atoms with Gasteiger partial charge in [-0.15, -0.1) is 0 Å². The van der Waals surface area contributed by atoms with Crippen molar-refractivity contribution in [2.24, 2.45) is 0 Å². The van der Waals surface area contributed by atoms with Crippen LogP contribution in [0, 0.1) is 0 Å². The Hall–Kier alpha value is -1.98. The fourth-order valence-corrected chi connectivity index (χ4v) is 1.14. The van der Waals surface area contributed by atoms with Crippen LogP contribution in [-0.2, 0) is 6.18 Å². The number of hydrogen-bond donors (Lipinski definition) is 0. The summed E-state index contributed by atoms with van der Waals surface area (Å²) in [6.07, 6.45) is -0.283. The van der Waals surface area contributed by atoms with Crippen LogP contribution in [0.4, 0.5) is 13.2 Å². The van der Waals surface area contributed by atoms with Gasteiger partial charge in [0.1, 0.15) is 5.69 Å². The molecule has 0 spiro atoms. The quantitative estimate of drug-likeness (QED) is 0.748. The van der Waals surface area contributed by atoms with E-state index in [1.807, 2.05) is 0 Å². The second kappa shape index (κ2) is 3.88. The maximum atomic E-state index is 12.2. The van der Waals surface area contributed by atoms with Crippen LogP contribution in [0.2, 0.25) is 0 Å². The first kappa shape index (κ1) is 10.5. The molecule has 0 saturated heterocycles. The molecular weight excluding hydrogens is 219 g/mol. The van der Waals surface area contributed by atoms with Gasteiger partial charge in [0.05, 0.1) is 0 Å². The van der Waals surface area contributed by atoms with Crippen molar-refractivity contribution in [2.45, 2.75) is 6.18 Å². The Bertz CT molecular complexity index is 465. The molecule has 0 saturated carbocycles. The largest absolute Gasteiger partial charge is 0.433 e. The number of nitrogens with zero attached hydrogens (tertiary/aromatic N) is 3. The fraction of sp³-hybridized carbons (Fsp3) is 0.100. The smallest absolute Gasteiger partial charge is 0.251 e. The van der Waals surface area contributed by atoms with Gasteiger partial charge in [0.2, 0.25) is 0 Å². The molecule has 6 heteroatoms. The van der Waals surface area contributed by atoms with Gasteiger partial charge >= 0.3 is 6.18 Å². The van der Waals surface area contributed by atoms with E-state index in [4.69, 9.17) is 0 Å². The zero-order valence-corrected chi connectivity index (χ0v) is 7.94. The lowest BCUT2D eigenvalue weighted by molar-refractivity contribution is -0.141. The van der Waals surface area contributed by atoms with E-state index < -0.39 is 11.9 Å². The Morgan fingerprint density at radius 2 is 1.62 bits per heavy atom. The molecule has 0 amide bonds. The first-order chi connectivity index (χ1) is 7.57. The summed E-state index contributed by atoms with van der Waals surface area (Å²) in [5.41, 5.74) is -0.471. The molecule has 0 aliphatic carbocycles. The molecule has 0 aromatic carbocycles. The van der Waals surface area contributed by atoms with Crippen LogP contribution in [-0.4, -0.2) is 15.0 Å². The Morgan fingerprint density at radius 3 is 2.12 bits per heavy atom. The van der Waals surface area contributed by atoms with Gasteiger partial charge in [-0.3, -0.25) is 4.98 Å². The summed E-state index contributed by atoms with van der Waals surface area (Å²) in [5.74, 6) is 0.351. The average molecular weight is 225 g/mol. The normalized spacial score (nSPS) is 11.4. The predicted molar refractivity (Wildman–Crippen MR) is 50.3 cm³/mol. The van der Waals surface area contributed by atoms with Crippen molar-refractivity contribution in [3.05, 3.63) is 42.5 Å². The lowest BCUT2D eigenvalue weighted by Gasteiger charge is -2.05. The zero-order valence-electron chi connectivity index (χ0n) is 7.94. The summed E-state index contributed by atoms with van der Waals surface area (Å²) in [6, 6.07) is 3.83. The van der Waals surface area contributed by atoms with E-state index in [-0.39, 0.29) is 0 Å². The van der Waals surface area contributed by atoms with Gasteiger partial charge in [-0.2, -0.15) is 13.2 Å². The van der Waals surface area contributed by atoms with Crippen molar-refractivity contribution in [1.82, 2.24) is 15.0 Å². The highest BCUT2D eigenvalue weighted by molar-refractivity contribution is 5.52. The highest BCUT2D eigenvalue weighted by Crippen LogP contribution is 2.28. The first-order valence-corrected chi connectivity index (χ1v) is 4.38. The van der Waals surface area contributed by atoms with Crippen molar-refractivity contribution < 1.29 is 13.2 Å². The molecule has 0 N–H and O–H groups in total. The van der Waals surface area contributed by atoms with Crippen LogP contribution in [0.1, 0.15) is 5.69 Å². The summed E-state index contributed by atoms with van der Waals surface area (Å²) in [7, 11) is 0. The fourth-order valence-electron chi connectivity index (χ4n) is 1.14. The number of halogens is 3. The van der Waals surface area contributed by atoms with E-state index in [1.165, 1.54) is 18.5 Å². The van der Waals surface area contributed by atoms with E-state index in [9.17, 15) is 13.2 Å². The summed E-state index contributed by atoms with van der Waals surface area (Å²) < 4.78 is 36.7. The molecule has 16 heavy (non-hydrogen) atoms. The van der Waals surface area contributed by atoms with Crippen LogP contribution >= 0.6 is 0 Å². The minimum Gasteiger partial charge on any atom is -0.251 e. The molecule has 0 radical (unpaired) electrons. The van der Waals surface area contributed by atoms with Crippen molar-refractivity contribution in [3.63, 3.8) is 0 Å². The molecule has 0 aliphatic heterocycles. The van der Waals surface area contributed by atoms with E-state index in [2.05, 4.69) is 15.0 Å². The molecule has 2 aromatic rings. The summed E-state index contributed by atoms with van der Waals surface area (Å²) >= 11 is 0. The third-order valence-electron chi connectivity index (χ3n) is 1.88. The molecule has 2 aromatic heterocycles. The first-order valence-electron chi connectivity index (χ1n) is 4.38. The second-order valence-electron chi connectivity index (χ2n) is 3.00. The Morgan fingerprint density at radius 1 is 0.938 bits per heavy atom. The number of aromatic nitrogens is 3. The van der Waals surface area contributed by atoms with E-state index in [0.29, 0.717) is 11.4 Å². The lowest BCUT2D eigenvalue weighted by atomic mass is 10.2. The molecule has 82 valence electrons. The Kier molecular flexibility index (Phi) is 2.55. The number of alkyl halides is 3. The second-order valence-corrected chi connectivity index (χ2v) is 3.00. The maximum absolute atomic E-state index is 12.2. The van der Waals surface area contributed by atoms with E-state index >= 15 is 0 Å². The van der Waals surface area contributed by atoms with Gasteiger partial charge < -0.3 is 0 Å². The molecule has 3 nitrogen and oxygen atoms in total. The molecule has 0 atom stereocenters. The van der Waals surface area contributed by atoms with Crippen molar-refractivity contribution in [2.75, 3.05) is 0 Å². The van der Waals surface area contributed by atoms with Gasteiger partial charge in [-0.1, -0.05) is 0 Å². The molecule has 2 rings (SSSR count). The van der Waals surface area contributed by atoms with Crippen LogP contribution in [0.15, 0.2) is 36.8 Å². The Labute approximate surface area is 89.0 Å². The van der Waals surface area contributed by atoms with Gasteiger partial charge in [0, 0.05) is 24.2 Å². The SMILES string of the molecule is FC(F)(F)c1ccc(-c2ncccn2)cn1. The zero-order chi connectivity index (χ0) is 11.6. The number of pyridine rings is 1. The van der Waals surface area contributed by atoms with Gasteiger partial charge in [-0.05, 0) is 18.2 Å². The molecular formula is C10H6F3N3. The van der Waals surface area contributed by atoms with Crippen LogP contribution in [0.25, 0.3) is 11.4 Å². The van der Waals surface area contributed by atoms with E-state index in [1.54, 1.807) is 6.07 Å². The molecule has 0 unspecified atom stereocenters. The van der Waals surface area contributed by atoms with Gasteiger partial charge in [0.15, 0.2) is 5.82 Å². The minimum absolute atomic E-state index is 0.351. The number of rotatable bonds is 1. The van der Waals surface area contributed by atoms with Crippen molar-refractivity contribution in [3.8, 4) is 11.4 Å². The maximum Gasteiger partial charge on any atom is 0.433 e. The molecule has 0 bridgehead atoms. The highest BCUT2D eigenvalue weighted by Gasteiger charge is 2.32. The van der Waals surface area contributed by atoms with Gasteiger partial charge in [0.25, 0.3) is 0 Å². The lowest BCUT2D eigenvalue weighted by Crippen LogP contribution is -2.07. The van der Waals surface area contributed by atoms with Crippen LogP contribution in [0.5, 0.6) is 0 Å². The topological polar surface area (TPSA) is 38.7 Å². The van der Waals surface area contributed by atoms with Crippen molar-refractivity contribution in [1.29, 1.82) is 0 Å². The monoisotopic (exact) mass is 225 g/mol. The summed E-state index contributed by atoms with van der Waals surface area (Å²) in [4.78, 5) is 11.1. The number of hydrogen-bond acceptors (Lipinski definition) is 3. The van der Waals surface area contributed by atoms with E-state index in [0.717, 1.165) is 12.3 Å². The summed E-state index contributed by atoms with van der Waals surface area (Å²) in [5, 5.41) is 0. The van der Waals surface area contributed by atoms with Gasteiger partial charge in [-0.25, -0.2) is 9.97 Å². The van der Waals surface area contributed by atoms with Crippen LogP contribution < -0.4 is 0 Å². The summed E-state index contributed by atoms with van der Waals surface area (Å²) in [6.45, 7) is 0. The third kappa shape index (κ3) is 2.16. The molecule has 0 fully saturated rings. The average Bonchev–Trinajstić information content (AvgIpc) is 2.29. The molecule has 0 aliphatic rings. The Balaban J connectivity index is 2.34. The standard InChI is InChI=1S/C10H6F3N3/c11-10(12,13)8-3-2-7(6-16-8)9-14-4-1-5-15-9/h1-6H. The predicted octanol–water partition coefficient (Wildman–Crippen LogP) is 2.56. The van der Waals surface area contributed by atoms with Crippen LogP contribution in [0.3, 0.4) is 0 Å². The van der Waals surface area contributed by atoms with Crippen molar-refractivity contribution >= 4 is 0 Å². The third-order valence-corrected chi connectivity index (χ3v) is 1.88. The highest BCUT2D eigenvalue weighted by atomic mass is 19.4. The minimum atomic E-state index is -4.42.